The number of nitrogens with two attached hydrogens (primary N) is 1. The van der Waals surface area contributed by atoms with Crippen LogP contribution in [0.3, 0.4) is 0 Å². The van der Waals surface area contributed by atoms with Gasteiger partial charge < -0.3 is 11.1 Å². The Morgan fingerprint density at radius 2 is 2.00 bits per heavy atom. The molecule has 3 N–H and O–H groups in total. The Balaban J connectivity index is 1.83. The molecule has 0 saturated carbocycles. The lowest BCUT2D eigenvalue weighted by atomic mass is 10.1. The van der Waals surface area contributed by atoms with E-state index in [2.05, 4.69) is 24.4 Å². The topological polar surface area (TPSA) is 38.0 Å². The van der Waals surface area contributed by atoms with E-state index in [0.717, 1.165) is 23.7 Å². The largest absolute Gasteiger partial charge is 0.398 e. The molecule has 1 heterocycles. The molecule has 0 aliphatic rings. The Bertz CT molecular complexity index is 493. The molecule has 0 aliphatic heterocycles. The summed E-state index contributed by atoms with van der Waals surface area (Å²) in [4.78, 5) is 1.21. The van der Waals surface area contributed by atoms with Crippen molar-refractivity contribution in [1.29, 1.82) is 0 Å². The SMILES string of the molecule is CC(Cc1ccc(Cl)cc1)NCc1sccc1N. The van der Waals surface area contributed by atoms with Crippen LogP contribution in [0, 0.1) is 0 Å². The molecular weight excluding hydrogens is 264 g/mol. The second-order valence-corrected chi connectivity index (χ2v) is 5.85. The average molecular weight is 281 g/mol. The van der Waals surface area contributed by atoms with Gasteiger partial charge >= 0.3 is 0 Å². The number of nitrogens with one attached hydrogen (secondary N) is 1. The number of hydrogen-bond donors (Lipinski definition) is 2. The molecule has 0 spiro atoms. The molecule has 0 saturated heterocycles. The fourth-order valence-corrected chi connectivity index (χ4v) is 2.68. The van der Waals surface area contributed by atoms with Crippen molar-refractivity contribution in [2.24, 2.45) is 0 Å². The van der Waals surface area contributed by atoms with E-state index in [9.17, 15) is 0 Å². The average Bonchev–Trinajstić information content (AvgIpc) is 2.75. The maximum atomic E-state index is 5.87. The highest BCUT2D eigenvalue weighted by atomic mass is 35.5. The summed E-state index contributed by atoms with van der Waals surface area (Å²) in [5.41, 5.74) is 8.02. The van der Waals surface area contributed by atoms with Crippen LogP contribution in [0.15, 0.2) is 35.7 Å². The van der Waals surface area contributed by atoms with E-state index in [4.69, 9.17) is 17.3 Å². The van der Waals surface area contributed by atoms with Crippen molar-refractivity contribution in [2.75, 3.05) is 5.73 Å². The van der Waals surface area contributed by atoms with Gasteiger partial charge in [-0.05, 0) is 42.5 Å². The summed E-state index contributed by atoms with van der Waals surface area (Å²) in [5.74, 6) is 0. The highest BCUT2D eigenvalue weighted by molar-refractivity contribution is 7.10. The predicted molar refractivity (Wildman–Crippen MR) is 80.2 cm³/mol. The molecule has 2 nitrogen and oxygen atoms in total. The number of rotatable bonds is 5. The second-order valence-electron chi connectivity index (χ2n) is 4.41. The van der Waals surface area contributed by atoms with Gasteiger partial charge in [0.05, 0.1) is 0 Å². The second kappa shape index (κ2) is 6.23. The van der Waals surface area contributed by atoms with Crippen LogP contribution in [0.2, 0.25) is 5.02 Å². The number of anilines is 1. The zero-order valence-electron chi connectivity index (χ0n) is 10.3. The Labute approximate surface area is 117 Å². The first kappa shape index (κ1) is 13.4. The van der Waals surface area contributed by atoms with Crippen molar-refractivity contribution in [2.45, 2.75) is 25.9 Å². The molecule has 0 amide bonds. The van der Waals surface area contributed by atoms with E-state index in [-0.39, 0.29) is 0 Å². The first-order chi connectivity index (χ1) is 8.65. The third-order valence-corrected chi connectivity index (χ3v) is 4.03. The lowest BCUT2D eigenvalue weighted by molar-refractivity contribution is 0.549. The summed E-state index contributed by atoms with van der Waals surface area (Å²) < 4.78 is 0. The lowest BCUT2D eigenvalue weighted by Gasteiger charge is -2.13. The lowest BCUT2D eigenvalue weighted by Crippen LogP contribution is -2.27. The summed E-state index contributed by atoms with van der Waals surface area (Å²) >= 11 is 7.56. The summed E-state index contributed by atoms with van der Waals surface area (Å²) in [7, 11) is 0. The molecule has 1 unspecified atom stereocenters. The first-order valence-electron chi connectivity index (χ1n) is 5.95. The van der Waals surface area contributed by atoms with Gasteiger partial charge in [0.2, 0.25) is 0 Å². The predicted octanol–water partition coefficient (Wildman–Crippen LogP) is 3.70. The van der Waals surface area contributed by atoms with Crippen molar-refractivity contribution in [3.63, 3.8) is 0 Å². The molecular formula is C14H17ClN2S. The monoisotopic (exact) mass is 280 g/mol. The van der Waals surface area contributed by atoms with Crippen LogP contribution >= 0.6 is 22.9 Å². The van der Waals surface area contributed by atoms with Gasteiger partial charge in [0.1, 0.15) is 0 Å². The standard InChI is InChI=1S/C14H17ClN2S/c1-10(8-11-2-4-12(15)5-3-11)17-9-14-13(16)6-7-18-14/h2-7,10,17H,8-9,16H2,1H3. The third kappa shape index (κ3) is 3.73. The van der Waals surface area contributed by atoms with Gasteiger partial charge in [0, 0.05) is 28.2 Å². The molecule has 2 rings (SSSR count). The minimum absolute atomic E-state index is 0.410. The van der Waals surface area contributed by atoms with E-state index in [1.165, 1.54) is 10.4 Å². The molecule has 1 atom stereocenters. The third-order valence-electron chi connectivity index (χ3n) is 2.85. The molecule has 1 aromatic heterocycles. The first-order valence-corrected chi connectivity index (χ1v) is 7.20. The van der Waals surface area contributed by atoms with Crippen LogP contribution in [-0.4, -0.2) is 6.04 Å². The Morgan fingerprint density at radius 1 is 1.28 bits per heavy atom. The smallest absolute Gasteiger partial charge is 0.0468 e. The van der Waals surface area contributed by atoms with Crippen LogP contribution in [0.1, 0.15) is 17.4 Å². The molecule has 96 valence electrons. The van der Waals surface area contributed by atoms with Gasteiger partial charge in [-0.2, -0.15) is 0 Å². The maximum Gasteiger partial charge on any atom is 0.0468 e. The van der Waals surface area contributed by atoms with Crippen LogP contribution in [-0.2, 0) is 13.0 Å². The number of nitrogen functional groups attached to an aromatic ring is 1. The van der Waals surface area contributed by atoms with Crippen molar-refractivity contribution in [3.8, 4) is 0 Å². The Morgan fingerprint density at radius 3 is 2.61 bits per heavy atom. The van der Waals surface area contributed by atoms with Gasteiger partial charge in [-0.1, -0.05) is 23.7 Å². The van der Waals surface area contributed by atoms with Crippen molar-refractivity contribution < 1.29 is 0 Å². The fourth-order valence-electron chi connectivity index (χ4n) is 1.81. The molecule has 0 bridgehead atoms. The minimum Gasteiger partial charge on any atom is -0.398 e. The van der Waals surface area contributed by atoms with Gasteiger partial charge in [-0.25, -0.2) is 0 Å². The van der Waals surface area contributed by atoms with Crippen LogP contribution in [0.25, 0.3) is 0 Å². The number of benzene rings is 1. The zero-order chi connectivity index (χ0) is 13.0. The van der Waals surface area contributed by atoms with E-state index in [0.29, 0.717) is 6.04 Å². The number of halogens is 1. The fraction of sp³-hybridized carbons (Fsp3) is 0.286. The molecule has 0 radical (unpaired) electrons. The maximum absolute atomic E-state index is 5.87. The normalized spacial score (nSPS) is 12.6. The highest BCUT2D eigenvalue weighted by Crippen LogP contribution is 2.18. The van der Waals surface area contributed by atoms with E-state index < -0.39 is 0 Å². The zero-order valence-corrected chi connectivity index (χ0v) is 11.9. The highest BCUT2D eigenvalue weighted by Gasteiger charge is 2.05. The Hall–Kier alpha value is -1.03. The van der Waals surface area contributed by atoms with E-state index >= 15 is 0 Å². The molecule has 0 aliphatic carbocycles. The van der Waals surface area contributed by atoms with Crippen LogP contribution in [0.5, 0.6) is 0 Å². The molecule has 2 aromatic rings. The van der Waals surface area contributed by atoms with Crippen molar-refractivity contribution in [3.05, 3.63) is 51.2 Å². The number of hydrogen-bond acceptors (Lipinski definition) is 3. The van der Waals surface area contributed by atoms with Crippen molar-refractivity contribution in [1.82, 2.24) is 5.32 Å². The Kier molecular flexibility index (Phi) is 4.64. The van der Waals surface area contributed by atoms with Crippen molar-refractivity contribution >= 4 is 28.6 Å². The molecule has 4 heteroatoms. The quantitative estimate of drug-likeness (QED) is 0.876. The summed E-state index contributed by atoms with van der Waals surface area (Å²) in [6.45, 7) is 3.01. The summed E-state index contributed by atoms with van der Waals surface area (Å²) in [6.07, 6.45) is 0.989. The molecule has 18 heavy (non-hydrogen) atoms. The van der Waals surface area contributed by atoms with Gasteiger partial charge in [0.25, 0.3) is 0 Å². The van der Waals surface area contributed by atoms with Crippen LogP contribution < -0.4 is 11.1 Å². The van der Waals surface area contributed by atoms with Gasteiger partial charge in [0.15, 0.2) is 0 Å². The van der Waals surface area contributed by atoms with Gasteiger partial charge in [-0.15, -0.1) is 11.3 Å². The van der Waals surface area contributed by atoms with E-state index in [1.807, 2.05) is 23.6 Å². The number of thiophene rings is 1. The van der Waals surface area contributed by atoms with Crippen LogP contribution in [0.4, 0.5) is 5.69 Å². The molecule has 0 fully saturated rings. The van der Waals surface area contributed by atoms with Gasteiger partial charge in [-0.3, -0.25) is 0 Å². The van der Waals surface area contributed by atoms with E-state index in [1.54, 1.807) is 11.3 Å². The summed E-state index contributed by atoms with van der Waals surface area (Å²) in [5, 5.41) is 6.29. The molecule has 1 aromatic carbocycles. The minimum atomic E-state index is 0.410. The summed E-state index contributed by atoms with van der Waals surface area (Å²) in [6, 6.07) is 10.4.